The van der Waals surface area contributed by atoms with Gasteiger partial charge in [0.05, 0.1) is 18.3 Å². The third-order valence-corrected chi connectivity index (χ3v) is 6.31. The zero-order valence-corrected chi connectivity index (χ0v) is 14.0. The van der Waals surface area contributed by atoms with Crippen LogP contribution in [0.2, 0.25) is 0 Å². The van der Waals surface area contributed by atoms with Crippen molar-refractivity contribution in [2.24, 2.45) is 5.92 Å². The summed E-state index contributed by atoms with van der Waals surface area (Å²) >= 11 is 4.24. The summed E-state index contributed by atoms with van der Waals surface area (Å²) < 4.78 is 11.8. The Morgan fingerprint density at radius 1 is 1.20 bits per heavy atom. The first-order chi connectivity index (χ1) is 9.78. The summed E-state index contributed by atoms with van der Waals surface area (Å²) in [5.74, 6) is 4.19. The number of hydrogen-bond acceptors (Lipinski definition) is 4. The largest absolute Gasteiger partial charge is 0.497 e. The minimum Gasteiger partial charge on any atom is -0.497 e. The highest BCUT2D eigenvalue weighted by atomic mass is 32.2. The Balaban J connectivity index is 1.63. The van der Waals surface area contributed by atoms with Gasteiger partial charge in [0.15, 0.2) is 0 Å². The second-order valence-corrected chi connectivity index (χ2v) is 8.15. The van der Waals surface area contributed by atoms with Gasteiger partial charge < -0.3 is 9.47 Å². The fourth-order valence-electron chi connectivity index (χ4n) is 2.17. The van der Waals surface area contributed by atoms with Gasteiger partial charge in [-0.1, -0.05) is 19.1 Å². The lowest BCUT2D eigenvalue weighted by Crippen LogP contribution is -2.14. The van der Waals surface area contributed by atoms with Crippen LogP contribution in [0.3, 0.4) is 0 Å². The van der Waals surface area contributed by atoms with Crippen LogP contribution in [0.4, 0.5) is 0 Å². The first kappa shape index (κ1) is 16.1. The molecule has 0 radical (unpaired) electrons. The van der Waals surface area contributed by atoms with Crippen LogP contribution in [0.15, 0.2) is 24.3 Å². The summed E-state index contributed by atoms with van der Waals surface area (Å²) in [6, 6.07) is 8.10. The lowest BCUT2D eigenvalue weighted by atomic mass is 10.1. The van der Waals surface area contributed by atoms with Crippen LogP contribution >= 0.6 is 23.5 Å². The minimum absolute atomic E-state index is 0.636. The second-order valence-electron chi connectivity index (χ2n) is 5.23. The molecule has 1 fully saturated rings. The second kappa shape index (κ2) is 8.85. The van der Waals surface area contributed by atoms with Gasteiger partial charge in [0.1, 0.15) is 5.75 Å². The van der Waals surface area contributed by atoms with Crippen LogP contribution in [-0.4, -0.2) is 29.8 Å². The van der Waals surface area contributed by atoms with Gasteiger partial charge in [-0.25, -0.2) is 0 Å². The van der Waals surface area contributed by atoms with Gasteiger partial charge >= 0.3 is 0 Å². The van der Waals surface area contributed by atoms with E-state index in [0.29, 0.717) is 12.5 Å². The quantitative estimate of drug-likeness (QED) is 0.741. The Morgan fingerprint density at radius 3 is 2.55 bits per heavy atom. The number of methoxy groups -OCH3 is 1. The van der Waals surface area contributed by atoms with E-state index in [1.54, 1.807) is 7.11 Å². The fraction of sp³-hybridized carbons (Fsp3) is 0.625. The Morgan fingerprint density at radius 2 is 1.90 bits per heavy atom. The average Bonchev–Trinajstić information content (AvgIpc) is 2.49. The van der Waals surface area contributed by atoms with Crippen LogP contribution in [-0.2, 0) is 11.3 Å². The van der Waals surface area contributed by atoms with Crippen molar-refractivity contribution in [2.45, 2.75) is 31.0 Å². The molecule has 0 saturated carbocycles. The van der Waals surface area contributed by atoms with Crippen LogP contribution in [0.1, 0.15) is 25.3 Å². The van der Waals surface area contributed by atoms with Crippen molar-refractivity contribution in [3.63, 3.8) is 0 Å². The average molecular weight is 312 g/mol. The highest BCUT2D eigenvalue weighted by molar-refractivity contribution is 8.17. The van der Waals surface area contributed by atoms with Gasteiger partial charge in [-0.2, -0.15) is 0 Å². The summed E-state index contributed by atoms with van der Waals surface area (Å²) in [5.41, 5.74) is 1.21. The highest BCUT2D eigenvalue weighted by Gasteiger charge is 2.17. The molecule has 1 aromatic carbocycles. The molecule has 112 valence electrons. The first-order valence-electron chi connectivity index (χ1n) is 7.22. The van der Waals surface area contributed by atoms with Crippen molar-refractivity contribution in [2.75, 3.05) is 25.2 Å². The van der Waals surface area contributed by atoms with Crippen LogP contribution in [0.5, 0.6) is 5.75 Å². The topological polar surface area (TPSA) is 18.5 Å². The molecule has 1 aromatic rings. The van der Waals surface area contributed by atoms with Gasteiger partial charge in [0.2, 0.25) is 0 Å². The standard InChI is InChI=1S/C16H24O2S2/c1-13(10-16-19-8-3-9-20-16)11-18-12-14-4-6-15(17-2)7-5-14/h4-7,13,16H,3,8-12H2,1-2H3/t13-/m0/s1. The van der Waals surface area contributed by atoms with E-state index in [1.165, 1.54) is 29.9 Å². The Kier molecular flexibility index (Phi) is 7.11. The normalized spacial score (nSPS) is 17.9. The summed E-state index contributed by atoms with van der Waals surface area (Å²) in [6.07, 6.45) is 2.63. The Labute approximate surface area is 131 Å². The summed E-state index contributed by atoms with van der Waals surface area (Å²) in [5, 5.41) is 0. The predicted molar refractivity (Wildman–Crippen MR) is 89.8 cm³/mol. The molecule has 0 aromatic heterocycles. The van der Waals surface area contributed by atoms with E-state index in [4.69, 9.17) is 9.47 Å². The molecule has 2 nitrogen and oxygen atoms in total. The van der Waals surface area contributed by atoms with E-state index in [-0.39, 0.29) is 0 Å². The maximum absolute atomic E-state index is 5.84. The molecule has 1 aliphatic heterocycles. The molecule has 0 N–H and O–H groups in total. The fourth-order valence-corrected chi connectivity index (χ4v) is 5.39. The first-order valence-corrected chi connectivity index (χ1v) is 9.31. The molecule has 1 atom stereocenters. The predicted octanol–water partition coefficient (Wildman–Crippen LogP) is 4.43. The summed E-state index contributed by atoms with van der Waals surface area (Å²) in [4.78, 5) is 0. The van der Waals surface area contributed by atoms with Crippen LogP contribution in [0, 0.1) is 5.92 Å². The summed E-state index contributed by atoms with van der Waals surface area (Å²) in [7, 11) is 1.69. The van der Waals surface area contributed by atoms with Gasteiger partial charge in [0.25, 0.3) is 0 Å². The number of thioether (sulfide) groups is 2. The van der Waals surface area contributed by atoms with Crippen molar-refractivity contribution >= 4 is 23.5 Å². The maximum atomic E-state index is 5.84. The molecule has 0 amide bonds. The molecule has 4 heteroatoms. The van der Waals surface area contributed by atoms with Crippen molar-refractivity contribution < 1.29 is 9.47 Å². The molecule has 0 unspecified atom stereocenters. The molecule has 0 spiro atoms. The van der Waals surface area contributed by atoms with Crippen LogP contribution < -0.4 is 4.74 Å². The molecule has 20 heavy (non-hydrogen) atoms. The minimum atomic E-state index is 0.636. The molecule has 1 heterocycles. The molecule has 1 aliphatic rings. The third kappa shape index (κ3) is 5.58. The molecular weight excluding hydrogens is 288 g/mol. The van der Waals surface area contributed by atoms with E-state index < -0.39 is 0 Å². The highest BCUT2D eigenvalue weighted by Crippen LogP contribution is 2.34. The lowest BCUT2D eigenvalue weighted by Gasteiger charge is -2.23. The number of ether oxygens (including phenoxy) is 2. The zero-order chi connectivity index (χ0) is 14.2. The van der Waals surface area contributed by atoms with E-state index in [0.717, 1.165) is 16.9 Å². The Hall–Kier alpha value is -0.320. The number of rotatable bonds is 7. The SMILES string of the molecule is COc1ccc(COC[C@@H](C)CC2SCCCS2)cc1. The molecule has 1 saturated heterocycles. The van der Waals surface area contributed by atoms with Gasteiger partial charge in [-0.15, -0.1) is 23.5 Å². The van der Waals surface area contributed by atoms with Crippen molar-refractivity contribution in [1.29, 1.82) is 0 Å². The monoisotopic (exact) mass is 312 g/mol. The van der Waals surface area contributed by atoms with E-state index in [2.05, 4.69) is 42.6 Å². The van der Waals surface area contributed by atoms with E-state index in [1.807, 2.05) is 12.1 Å². The molecule has 2 rings (SSSR count). The zero-order valence-electron chi connectivity index (χ0n) is 12.3. The van der Waals surface area contributed by atoms with Crippen molar-refractivity contribution in [3.8, 4) is 5.75 Å². The van der Waals surface area contributed by atoms with E-state index in [9.17, 15) is 0 Å². The van der Waals surface area contributed by atoms with E-state index >= 15 is 0 Å². The number of benzene rings is 1. The Bertz CT molecular complexity index is 375. The van der Waals surface area contributed by atoms with Gasteiger partial charge in [-0.05, 0) is 48.0 Å². The summed E-state index contributed by atoms with van der Waals surface area (Å²) in [6.45, 7) is 3.84. The van der Waals surface area contributed by atoms with Gasteiger partial charge in [-0.3, -0.25) is 0 Å². The lowest BCUT2D eigenvalue weighted by molar-refractivity contribution is 0.0908. The van der Waals surface area contributed by atoms with Crippen LogP contribution in [0.25, 0.3) is 0 Å². The number of hydrogen-bond donors (Lipinski definition) is 0. The van der Waals surface area contributed by atoms with Gasteiger partial charge in [0, 0.05) is 6.61 Å². The van der Waals surface area contributed by atoms with Crippen molar-refractivity contribution in [1.82, 2.24) is 0 Å². The molecular formula is C16H24O2S2. The van der Waals surface area contributed by atoms with Crippen molar-refractivity contribution in [3.05, 3.63) is 29.8 Å². The smallest absolute Gasteiger partial charge is 0.118 e. The third-order valence-electron chi connectivity index (χ3n) is 3.32. The maximum Gasteiger partial charge on any atom is 0.118 e. The molecule has 0 bridgehead atoms. The molecule has 0 aliphatic carbocycles.